The Bertz CT molecular complexity index is 2700. The van der Waals surface area contributed by atoms with Gasteiger partial charge in [0.05, 0.1) is 50.5 Å². The number of aliphatic carboxylic acids is 1. The van der Waals surface area contributed by atoms with Crippen LogP contribution in [0.15, 0.2) is 24.3 Å². The van der Waals surface area contributed by atoms with Crippen LogP contribution in [0.25, 0.3) is 0 Å². The molecule has 1 rings (SSSR count). The number of primary amides is 1. The second kappa shape index (κ2) is 41.8. The summed E-state index contributed by atoms with van der Waals surface area (Å²) in [5.41, 5.74) is 11.3. The number of rotatable bonds is 42. The van der Waals surface area contributed by atoms with Crippen LogP contribution in [0.3, 0.4) is 0 Å². The Kier molecular flexibility index (Phi) is 37.5. The Morgan fingerprint density at radius 1 is 0.489 bits per heavy atom. The fourth-order valence-electron chi connectivity index (χ4n) is 8.25. The van der Waals surface area contributed by atoms with Crippen LogP contribution in [0, 0.1) is 11.8 Å². The minimum atomic E-state index is -1.89. The highest BCUT2D eigenvalue weighted by atomic mass is 32.2. The predicted molar refractivity (Wildman–Crippen MR) is 338 cm³/mol. The lowest BCUT2D eigenvalue weighted by Gasteiger charge is -2.28. The Balaban J connectivity index is 3.25. The van der Waals surface area contributed by atoms with Crippen molar-refractivity contribution in [2.75, 3.05) is 43.2 Å². The average molecular weight is 1360 g/mol. The number of hydrogen-bond acceptors (Lipinski definition) is 23. The summed E-state index contributed by atoms with van der Waals surface area (Å²) in [5, 5.41) is 88.5. The summed E-state index contributed by atoms with van der Waals surface area (Å²) >= 11 is 9.36. The minimum absolute atomic E-state index is 0.0286. The van der Waals surface area contributed by atoms with E-state index in [-0.39, 0.29) is 54.8 Å². The average Bonchev–Trinajstić information content (AvgIpc) is 1.46. The Morgan fingerprint density at radius 3 is 1.36 bits per heavy atom. The largest absolute Gasteiger partial charge is 0.508 e. The van der Waals surface area contributed by atoms with Crippen molar-refractivity contribution in [2.45, 2.75) is 165 Å². The third-order valence-electron chi connectivity index (χ3n) is 13.2. The first-order valence-corrected chi connectivity index (χ1v) is 31.6. The van der Waals surface area contributed by atoms with Crippen LogP contribution in [0.2, 0.25) is 0 Å². The molecule has 0 unspecified atom stereocenters. The maximum atomic E-state index is 14.0. The monoisotopic (exact) mass is 1360 g/mol. The van der Waals surface area contributed by atoms with Gasteiger partial charge in [-0.1, -0.05) is 39.8 Å². The number of nitrogens with one attached hydrogen (secondary N) is 12. The summed E-state index contributed by atoms with van der Waals surface area (Å²) in [6.07, 6.45) is -4.47. The molecule has 0 saturated carbocycles. The van der Waals surface area contributed by atoms with E-state index < -0.39 is 199 Å². The normalized spacial score (nSPS) is 15.8. The van der Waals surface area contributed by atoms with E-state index in [2.05, 4.69) is 89.1 Å². The van der Waals surface area contributed by atoms with Gasteiger partial charge in [-0.25, -0.2) is 4.79 Å². The molecule has 22 N–H and O–H groups in total. The highest BCUT2D eigenvalue weighted by Gasteiger charge is 2.38. The summed E-state index contributed by atoms with van der Waals surface area (Å²) < 4.78 is 0. The van der Waals surface area contributed by atoms with Crippen LogP contribution < -0.4 is 75.3 Å². The van der Waals surface area contributed by atoms with Crippen molar-refractivity contribution in [3.05, 3.63) is 29.8 Å². The Hall–Kier alpha value is -7.55. The molecule has 1 aromatic rings. The van der Waals surface area contributed by atoms with Gasteiger partial charge in [-0.15, -0.1) is 0 Å². The van der Waals surface area contributed by atoms with E-state index in [4.69, 9.17) is 11.5 Å². The summed E-state index contributed by atoms with van der Waals surface area (Å²) in [4.78, 5) is 185. The first kappa shape index (κ1) is 82.5. The van der Waals surface area contributed by atoms with Crippen molar-refractivity contribution in [2.24, 2.45) is 23.3 Å². The van der Waals surface area contributed by atoms with Gasteiger partial charge in [-0.2, -0.15) is 37.0 Å². The van der Waals surface area contributed by atoms with Gasteiger partial charge in [-0.3, -0.25) is 62.3 Å². The second-order valence-electron chi connectivity index (χ2n) is 22.2. The molecule has 0 bridgehead atoms. The molecule has 518 valence electrons. The topological polar surface area (TPSA) is 557 Å². The number of thiol groups is 2. The number of benzene rings is 1. The number of carbonyl (C=O) groups excluding carboxylic acids is 13. The molecule has 0 heterocycles. The van der Waals surface area contributed by atoms with Crippen molar-refractivity contribution >= 4 is 120 Å². The molecule has 0 saturated heterocycles. The maximum absolute atomic E-state index is 14.0. The minimum Gasteiger partial charge on any atom is -0.508 e. The van der Waals surface area contributed by atoms with Gasteiger partial charge >= 0.3 is 5.97 Å². The molecule has 13 amide bonds. The van der Waals surface area contributed by atoms with Crippen molar-refractivity contribution in [1.82, 2.24) is 63.8 Å². The number of aromatic hydroxyl groups is 1. The zero-order chi connectivity index (χ0) is 70.3. The first-order chi connectivity index (χ1) is 43.0. The first-order valence-electron chi connectivity index (χ1n) is 29.0. The van der Waals surface area contributed by atoms with E-state index in [0.717, 1.165) is 20.8 Å². The molecule has 1 aromatic carbocycles. The number of carboxylic acids is 1. The number of aliphatic hydroxyl groups excluding tert-OH is 4. The van der Waals surface area contributed by atoms with Crippen LogP contribution >= 0.6 is 37.0 Å². The molecule has 0 radical (unpaired) electrons. The summed E-state index contributed by atoms with van der Waals surface area (Å²) in [6, 6.07) is -12.1. The van der Waals surface area contributed by atoms with Gasteiger partial charge in [0.1, 0.15) is 60.1 Å². The van der Waals surface area contributed by atoms with Gasteiger partial charge in [-0.05, 0) is 81.6 Å². The van der Waals surface area contributed by atoms with Crippen LogP contribution in [-0.2, 0) is 73.5 Å². The van der Waals surface area contributed by atoms with Gasteiger partial charge in [0.2, 0.25) is 76.8 Å². The smallest absolute Gasteiger partial charge is 0.328 e. The molecule has 0 aliphatic rings. The van der Waals surface area contributed by atoms with Gasteiger partial charge in [0, 0.05) is 17.9 Å². The summed E-state index contributed by atoms with van der Waals surface area (Å²) in [5.74, 6) is -15.9. The molecule has 92 heavy (non-hydrogen) atoms. The van der Waals surface area contributed by atoms with E-state index in [9.17, 15) is 97.8 Å². The fourth-order valence-corrected chi connectivity index (χ4v) is 9.14. The van der Waals surface area contributed by atoms with Crippen molar-refractivity contribution < 1.29 is 97.8 Å². The highest BCUT2D eigenvalue weighted by molar-refractivity contribution is 7.98. The van der Waals surface area contributed by atoms with Crippen LogP contribution in [-0.4, -0.2) is 241 Å². The second-order valence-corrected chi connectivity index (χ2v) is 24.0. The molecule has 34 nitrogen and oxygen atoms in total. The summed E-state index contributed by atoms with van der Waals surface area (Å²) in [7, 11) is 0. The van der Waals surface area contributed by atoms with Crippen molar-refractivity contribution in [1.29, 1.82) is 0 Å². The lowest BCUT2D eigenvalue weighted by atomic mass is 10.0. The van der Waals surface area contributed by atoms with Crippen LogP contribution in [0.4, 0.5) is 0 Å². The summed E-state index contributed by atoms with van der Waals surface area (Å²) in [6.45, 7) is 7.45. The number of phenols is 1. The lowest BCUT2D eigenvalue weighted by molar-refractivity contribution is -0.145. The van der Waals surface area contributed by atoms with Gasteiger partial charge in [0.25, 0.3) is 0 Å². The number of carbonyl (C=O) groups is 14. The van der Waals surface area contributed by atoms with E-state index >= 15 is 0 Å². The lowest BCUT2D eigenvalue weighted by Crippen LogP contribution is -2.62. The zero-order valence-corrected chi connectivity index (χ0v) is 54.8. The SMILES string of the molecule is CSCC[C@H](NC(=O)[C@H](CS)NC(=O)[C@@H](NC(=O)[C@H](CO)NC(=O)[C@H](CC(C)C)NC(=O)[C@H](CC(N)=O)NC(=O)CNC(=O)[C@@H](N)CS)[C@@H](C)O)C(=O)N[C@@H](CC(C)C)C(=O)NCC(=O)N[C@H](C(=O)N[C@@H](Cc1ccc(O)cc1)C(=O)N[C@H](C(=O)O)[C@@H](C)O)[C@@H](C)O. The molecule has 0 spiro atoms. The van der Waals surface area contributed by atoms with Crippen LogP contribution in [0.5, 0.6) is 5.75 Å². The standard InChI is InChI=1S/C55H90N14O20S3/c1-24(2)15-33(46(79)59-20-41(77)67-42(26(5)71)53(86)64-35(17-29-9-11-30(74)12-10-29)50(83)69-44(28(7)73)55(88)89)62-47(80)32(13-14-92-8)61-52(85)38(23-91)66-54(87)43(27(6)72)68-51(84)37(21-70)65-48(81)34(16-25(3)4)63-49(82)36(18-39(57)75)60-40(76)19-58-45(78)31(56)22-90/h9-12,24-28,31-38,42-44,70-74,90-91H,13-23,56H2,1-8H3,(H2,57,75)(H,58,78)(H,59,79)(H,60,76)(H,61,85)(H,62,80)(H,63,82)(H,64,86)(H,65,81)(H,66,87)(H,67,77)(H,68,84)(H,69,83)(H,88,89)/t26-,27-,28-,31+,32+,33+,34+,35+,36+,37+,38+,42+,43+,44+/m1/s1. The quantitative estimate of drug-likeness (QED) is 0.0270. The van der Waals surface area contributed by atoms with Crippen LogP contribution in [0.1, 0.15) is 79.7 Å². The van der Waals surface area contributed by atoms with Crippen molar-refractivity contribution in [3.63, 3.8) is 0 Å². The number of hydrogen-bond donors (Lipinski definition) is 22. The number of phenolic OH excluding ortho intramolecular Hbond substituents is 1. The third-order valence-corrected chi connectivity index (χ3v) is 14.6. The highest BCUT2D eigenvalue weighted by Crippen LogP contribution is 2.14. The molecule has 0 aromatic heterocycles. The fraction of sp³-hybridized carbons (Fsp3) is 0.636. The number of nitrogens with two attached hydrogens (primary N) is 2. The van der Waals surface area contributed by atoms with E-state index in [1.165, 1.54) is 36.0 Å². The molecule has 0 fully saturated rings. The third kappa shape index (κ3) is 30.3. The molecule has 0 aliphatic heterocycles. The number of thioether (sulfide) groups is 1. The molecule has 37 heteroatoms. The molecular weight excluding hydrogens is 1270 g/mol. The Morgan fingerprint density at radius 2 is 0.891 bits per heavy atom. The predicted octanol–water partition coefficient (Wildman–Crippen LogP) is -7.86. The number of amides is 13. The zero-order valence-electron chi connectivity index (χ0n) is 52.2. The van der Waals surface area contributed by atoms with E-state index in [0.29, 0.717) is 5.56 Å². The molecule has 14 atom stereocenters. The number of aliphatic hydroxyl groups is 4. The Labute approximate surface area is 546 Å². The van der Waals surface area contributed by atoms with E-state index in [1.54, 1.807) is 34.0 Å². The van der Waals surface area contributed by atoms with Gasteiger partial charge in [0.15, 0.2) is 6.04 Å². The van der Waals surface area contributed by atoms with Gasteiger partial charge < -0.3 is 106 Å². The molecule has 0 aliphatic carbocycles. The molecular formula is C55H90N14O20S3. The van der Waals surface area contributed by atoms with E-state index in [1.807, 2.05) is 0 Å². The van der Waals surface area contributed by atoms with Crippen molar-refractivity contribution in [3.8, 4) is 5.75 Å². The maximum Gasteiger partial charge on any atom is 0.328 e. The number of carboxylic acid groups (broad SMARTS) is 1.